The summed E-state index contributed by atoms with van der Waals surface area (Å²) in [6, 6.07) is 25.8. The summed E-state index contributed by atoms with van der Waals surface area (Å²) in [6.07, 6.45) is 0. The van der Waals surface area contributed by atoms with Crippen molar-refractivity contribution in [3.63, 3.8) is 0 Å². The van der Waals surface area contributed by atoms with Crippen LogP contribution < -0.4 is 10.4 Å². The lowest BCUT2D eigenvalue weighted by Crippen LogP contribution is -2.15. The molecule has 0 aliphatic carbocycles. The zero-order valence-corrected chi connectivity index (χ0v) is 16.9. The van der Waals surface area contributed by atoms with Gasteiger partial charge in [0.15, 0.2) is 5.16 Å². The van der Waals surface area contributed by atoms with Crippen molar-refractivity contribution < 1.29 is 4.74 Å². The van der Waals surface area contributed by atoms with Crippen LogP contribution in [-0.4, -0.2) is 14.8 Å². The number of H-pyrrole nitrogens is 1. The number of benzene rings is 3. The van der Waals surface area contributed by atoms with E-state index in [1.54, 1.807) is 4.57 Å². The van der Waals surface area contributed by atoms with E-state index in [1.807, 2.05) is 54.6 Å². The zero-order valence-electron chi connectivity index (χ0n) is 16.0. The van der Waals surface area contributed by atoms with Gasteiger partial charge in [0.2, 0.25) is 0 Å². The molecule has 0 saturated carbocycles. The Labute approximate surface area is 173 Å². The Bertz CT molecular complexity index is 1120. The first kappa shape index (κ1) is 19.1. The van der Waals surface area contributed by atoms with Gasteiger partial charge in [-0.3, -0.25) is 0 Å². The number of aryl methyl sites for hydroxylation is 1. The van der Waals surface area contributed by atoms with Gasteiger partial charge in [-0.2, -0.15) is 0 Å². The molecule has 0 saturated heterocycles. The number of hydrogen-bond acceptors (Lipinski definition) is 4. The third-order valence-electron chi connectivity index (χ3n) is 4.47. The predicted octanol–water partition coefficient (Wildman–Crippen LogP) is 4.74. The van der Waals surface area contributed by atoms with Gasteiger partial charge in [-0.1, -0.05) is 71.9 Å². The van der Waals surface area contributed by atoms with E-state index >= 15 is 0 Å². The lowest BCUT2D eigenvalue weighted by molar-refractivity contribution is 0.306. The highest BCUT2D eigenvalue weighted by molar-refractivity contribution is 7.98. The molecule has 1 N–H and O–H groups in total. The van der Waals surface area contributed by atoms with Gasteiger partial charge in [-0.25, -0.2) is 14.5 Å². The molecule has 6 heteroatoms. The van der Waals surface area contributed by atoms with Crippen molar-refractivity contribution in [1.82, 2.24) is 14.8 Å². The van der Waals surface area contributed by atoms with Gasteiger partial charge in [-0.15, -0.1) is 5.10 Å². The molecule has 0 amide bonds. The summed E-state index contributed by atoms with van der Waals surface area (Å²) >= 11 is 1.52. The van der Waals surface area contributed by atoms with E-state index in [-0.39, 0.29) is 5.69 Å². The average Bonchev–Trinajstić information content (AvgIpc) is 3.13. The summed E-state index contributed by atoms with van der Waals surface area (Å²) < 4.78 is 7.41. The minimum atomic E-state index is -0.255. The SMILES string of the molecule is Cc1ccc(CSc2n[nH]c(=O)n2-c2ccc(OCc3ccccc3)cc2)cc1. The van der Waals surface area contributed by atoms with E-state index in [2.05, 4.69) is 41.4 Å². The maximum absolute atomic E-state index is 12.3. The molecule has 0 fully saturated rings. The molecule has 0 bridgehead atoms. The smallest absolute Gasteiger partial charge is 0.348 e. The summed E-state index contributed by atoms with van der Waals surface area (Å²) in [7, 11) is 0. The Kier molecular flexibility index (Phi) is 5.81. The molecule has 146 valence electrons. The molecule has 5 nitrogen and oxygen atoms in total. The van der Waals surface area contributed by atoms with Crippen LogP contribution in [0, 0.1) is 6.92 Å². The molecule has 0 radical (unpaired) electrons. The third kappa shape index (κ3) is 4.78. The number of thioether (sulfide) groups is 1. The maximum atomic E-state index is 12.3. The normalized spacial score (nSPS) is 10.8. The largest absolute Gasteiger partial charge is 0.489 e. The average molecular weight is 404 g/mol. The standard InChI is InChI=1S/C23H21N3O2S/c1-17-7-9-19(10-8-17)16-29-23-25-24-22(27)26(23)20-11-13-21(14-12-20)28-15-18-5-3-2-4-6-18/h2-14H,15-16H2,1H3,(H,24,27). The predicted molar refractivity (Wildman–Crippen MR) is 116 cm³/mol. The van der Waals surface area contributed by atoms with Crippen molar-refractivity contribution in [2.75, 3.05) is 0 Å². The first-order valence-electron chi connectivity index (χ1n) is 9.32. The molecule has 0 atom stereocenters. The Morgan fingerprint density at radius 2 is 1.66 bits per heavy atom. The van der Waals surface area contributed by atoms with Gasteiger partial charge in [0.25, 0.3) is 0 Å². The van der Waals surface area contributed by atoms with Crippen LogP contribution in [0.25, 0.3) is 5.69 Å². The van der Waals surface area contributed by atoms with Crippen LogP contribution in [0.5, 0.6) is 5.75 Å². The minimum absolute atomic E-state index is 0.255. The van der Waals surface area contributed by atoms with E-state index in [9.17, 15) is 4.79 Å². The van der Waals surface area contributed by atoms with Crippen molar-refractivity contribution in [2.24, 2.45) is 0 Å². The summed E-state index contributed by atoms with van der Waals surface area (Å²) in [6.45, 7) is 2.57. The second-order valence-electron chi connectivity index (χ2n) is 6.69. The first-order valence-corrected chi connectivity index (χ1v) is 10.3. The van der Waals surface area contributed by atoms with Gasteiger partial charge >= 0.3 is 5.69 Å². The monoisotopic (exact) mass is 403 g/mol. The van der Waals surface area contributed by atoms with Crippen LogP contribution in [-0.2, 0) is 12.4 Å². The lowest BCUT2D eigenvalue weighted by Gasteiger charge is -2.09. The molecule has 3 aromatic carbocycles. The third-order valence-corrected chi connectivity index (χ3v) is 5.48. The number of ether oxygens (including phenoxy) is 1. The molecule has 0 unspecified atom stereocenters. The Balaban J connectivity index is 1.46. The molecule has 0 aliphatic heterocycles. The Morgan fingerprint density at radius 3 is 2.38 bits per heavy atom. The molecule has 0 aliphatic rings. The minimum Gasteiger partial charge on any atom is -0.489 e. The second kappa shape index (κ2) is 8.84. The highest BCUT2D eigenvalue weighted by Gasteiger charge is 2.11. The number of hydrogen-bond donors (Lipinski definition) is 1. The van der Waals surface area contributed by atoms with E-state index in [4.69, 9.17) is 4.74 Å². The highest BCUT2D eigenvalue weighted by atomic mass is 32.2. The quantitative estimate of drug-likeness (QED) is 0.453. The van der Waals surface area contributed by atoms with Crippen LogP contribution >= 0.6 is 11.8 Å². The number of nitrogens with one attached hydrogen (secondary N) is 1. The first-order chi connectivity index (χ1) is 14.2. The lowest BCUT2D eigenvalue weighted by atomic mass is 10.2. The number of aromatic nitrogens is 3. The molecule has 1 aromatic heterocycles. The summed E-state index contributed by atoms with van der Waals surface area (Å²) in [5.41, 5.74) is 4.02. The summed E-state index contributed by atoms with van der Waals surface area (Å²) in [5.74, 6) is 1.49. The van der Waals surface area contributed by atoms with Gasteiger partial charge < -0.3 is 4.74 Å². The van der Waals surface area contributed by atoms with E-state index in [1.165, 1.54) is 22.9 Å². The van der Waals surface area contributed by atoms with E-state index in [0.29, 0.717) is 11.8 Å². The van der Waals surface area contributed by atoms with Crippen molar-refractivity contribution in [3.8, 4) is 11.4 Å². The molecule has 0 spiro atoms. The molecule has 4 rings (SSSR count). The fourth-order valence-corrected chi connectivity index (χ4v) is 3.79. The Hall–Kier alpha value is -3.25. The van der Waals surface area contributed by atoms with Crippen molar-refractivity contribution >= 4 is 11.8 Å². The van der Waals surface area contributed by atoms with E-state index in [0.717, 1.165) is 22.8 Å². The number of rotatable bonds is 7. The summed E-state index contributed by atoms with van der Waals surface area (Å²) in [5, 5.41) is 7.36. The van der Waals surface area contributed by atoms with Crippen molar-refractivity contribution in [3.05, 3.63) is 106 Å². The number of nitrogens with zero attached hydrogens (tertiary/aromatic N) is 2. The van der Waals surface area contributed by atoms with Crippen LogP contribution in [0.3, 0.4) is 0 Å². The fraction of sp³-hybridized carbons (Fsp3) is 0.130. The van der Waals surface area contributed by atoms with Gasteiger partial charge in [0, 0.05) is 5.75 Å². The van der Waals surface area contributed by atoms with Crippen LogP contribution in [0.1, 0.15) is 16.7 Å². The fourth-order valence-electron chi connectivity index (χ4n) is 2.87. The van der Waals surface area contributed by atoms with Crippen LogP contribution in [0.15, 0.2) is 88.8 Å². The topological polar surface area (TPSA) is 59.9 Å². The van der Waals surface area contributed by atoms with Crippen LogP contribution in [0.2, 0.25) is 0 Å². The van der Waals surface area contributed by atoms with E-state index < -0.39 is 0 Å². The summed E-state index contributed by atoms with van der Waals surface area (Å²) in [4.78, 5) is 12.3. The number of aromatic amines is 1. The molecule has 1 heterocycles. The van der Waals surface area contributed by atoms with Gasteiger partial charge in [0.05, 0.1) is 5.69 Å². The molecular weight excluding hydrogens is 382 g/mol. The zero-order chi connectivity index (χ0) is 20.1. The van der Waals surface area contributed by atoms with Crippen LogP contribution in [0.4, 0.5) is 0 Å². The Morgan fingerprint density at radius 1 is 0.931 bits per heavy atom. The molecule has 4 aromatic rings. The van der Waals surface area contributed by atoms with Gasteiger partial charge in [-0.05, 0) is 42.3 Å². The highest BCUT2D eigenvalue weighted by Crippen LogP contribution is 2.23. The van der Waals surface area contributed by atoms with Crippen molar-refractivity contribution in [2.45, 2.75) is 24.4 Å². The molecular formula is C23H21N3O2S. The van der Waals surface area contributed by atoms with Gasteiger partial charge in [0.1, 0.15) is 12.4 Å². The van der Waals surface area contributed by atoms with Crippen molar-refractivity contribution in [1.29, 1.82) is 0 Å². The second-order valence-corrected chi connectivity index (χ2v) is 7.63. The molecule has 29 heavy (non-hydrogen) atoms. The maximum Gasteiger partial charge on any atom is 0.348 e.